The summed E-state index contributed by atoms with van der Waals surface area (Å²) in [5, 5.41) is 8.11. The lowest BCUT2D eigenvalue weighted by atomic mass is 9.95. The highest BCUT2D eigenvalue weighted by Gasteiger charge is 2.31. The van der Waals surface area contributed by atoms with Crippen molar-refractivity contribution in [3.8, 4) is 11.5 Å². The number of carbonyl (C=O) groups excluding carboxylic acids is 1. The number of amidine groups is 1. The number of amides is 1. The molecule has 1 amide bonds. The van der Waals surface area contributed by atoms with Crippen LogP contribution in [0.1, 0.15) is 24.1 Å². The predicted molar refractivity (Wildman–Crippen MR) is 148 cm³/mol. The zero-order chi connectivity index (χ0) is 25.7. The third kappa shape index (κ3) is 5.98. The number of methoxy groups -OCH3 is 2. The van der Waals surface area contributed by atoms with Crippen LogP contribution in [0.2, 0.25) is 10.0 Å². The lowest BCUT2D eigenvalue weighted by Crippen LogP contribution is -2.32. The van der Waals surface area contributed by atoms with Crippen molar-refractivity contribution in [2.75, 3.05) is 19.5 Å². The van der Waals surface area contributed by atoms with Gasteiger partial charge in [0.05, 0.1) is 19.8 Å². The van der Waals surface area contributed by atoms with E-state index in [0.29, 0.717) is 49.4 Å². The summed E-state index contributed by atoms with van der Waals surface area (Å²) in [5.74, 6) is 1.56. The number of nitrogens with zero attached hydrogens (tertiary/aromatic N) is 1. The number of ether oxygens (including phenoxy) is 2. The van der Waals surface area contributed by atoms with Crippen LogP contribution in [0, 0.1) is 0 Å². The second-order valence-corrected chi connectivity index (χ2v) is 9.76. The zero-order valence-corrected chi connectivity index (χ0v) is 22.3. The number of thioether (sulfide) groups is 1. The summed E-state index contributed by atoms with van der Waals surface area (Å²) in [6.45, 7) is 1.87. The van der Waals surface area contributed by atoms with Crippen molar-refractivity contribution in [1.29, 1.82) is 0 Å². The van der Waals surface area contributed by atoms with Crippen LogP contribution in [0.5, 0.6) is 11.5 Å². The summed E-state index contributed by atoms with van der Waals surface area (Å²) >= 11 is 13.9. The van der Waals surface area contributed by atoms with Gasteiger partial charge in [0.2, 0.25) is 0 Å². The molecule has 0 saturated carbocycles. The van der Waals surface area contributed by atoms with Gasteiger partial charge >= 0.3 is 0 Å². The number of nitrogens with one attached hydrogen (secondary N) is 2. The molecule has 4 rings (SSSR count). The third-order valence-corrected chi connectivity index (χ3v) is 7.13. The Bertz CT molecular complexity index is 1330. The molecule has 6 nitrogen and oxygen atoms in total. The van der Waals surface area contributed by atoms with E-state index >= 15 is 0 Å². The summed E-state index contributed by atoms with van der Waals surface area (Å²) in [7, 11) is 3.18. The van der Waals surface area contributed by atoms with Gasteiger partial charge in [-0.25, -0.2) is 4.99 Å². The quantitative estimate of drug-likeness (QED) is 0.342. The van der Waals surface area contributed by atoms with Crippen LogP contribution in [-0.2, 0) is 10.5 Å². The van der Waals surface area contributed by atoms with Gasteiger partial charge in [0.25, 0.3) is 5.91 Å². The number of hydrogen-bond acceptors (Lipinski definition) is 6. The van der Waals surface area contributed by atoms with Crippen LogP contribution >= 0.6 is 35.0 Å². The highest BCUT2D eigenvalue weighted by Crippen LogP contribution is 2.39. The summed E-state index contributed by atoms with van der Waals surface area (Å²) in [5.41, 5.74) is 3.58. The van der Waals surface area contributed by atoms with Gasteiger partial charge < -0.3 is 20.1 Å². The first kappa shape index (κ1) is 25.9. The van der Waals surface area contributed by atoms with Crippen molar-refractivity contribution in [2.24, 2.45) is 4.99 Å². The number of carbonyl (C=O) groups is 1. The van der Waals surface area contributed by atoms with E-state index in [1.54, 1.807) is 26.4 Å². The Morgan fingerprint density at radius 1 is 1.06 bits per heavy atom. The van der Waals surface area contributed by atoms with E-state index in [2.05, 4.69) is 10.6 Å². The maximum atomic E-state index is 13.5. The van der Waals surface area contributed by atoms with E-state index < -0.39 is 6.04 Å². The third-order valence-electron chi connectivity index (χ3n) is 5.61. The Morgan fingerprint density at radius 2 is 1.83 bits per heavy atom. The van der Waals surface area contributed by atoms with Crippen molar-refractivity contribution in [3.05, 3.63) is 99.2 Å². The van der Waals surface area contributed by atoms with E-state index in [-0.39, 0.29) is 5.91 Å². The maximum absolute atomic E-state index is 13.5. The van der Waals surface area contributed by atoms with E-state index in [9.17, 15) is 4.79 Å². The van der Waals surface area contributed by atoms with E-state index in [1.165, 1.54) is 11.8 Å². The van der Waals surface area contributed by atoms with Gasteiger partial charge in [-0.1, -0.05) is 59.2 Å². The number of halogens is 2. The molecule has 0 radical (unpaired) electrons. The van der Waals surface area contributed by atoms with Crippen molar-refractivity contribution in [3.63, 3.8) is 0 Å². The average Bonchev–Trinajstić information content (AvgIpc) is 2.88. The van der Waals surface area contributed by atoms with Crippen LogP contribution < -0.4 is 20.1 Å². The number of benzene rings is 3. The van der Waals surface area contributed by atoms with Crippen molar-refractivity contribution >= 4 is 51.7 Å². The van der Waals surface area contributed by atoms with E-state index in [4.69, 9.17) is 37.7 Å². The van der Waals surface area contributed by atoms with Crippen LogP contribution in [0.25, 0.3) is 0 Å². The zero-order valence-electron chi connectivity index (χ0n) is 20.0. The van der Waals surface area contributed by atoms with Gasteiger partial charge in [-0.05, 0) is 48.9 Å². The molecule has 36 heavy (non-hydrogen) atoms. The molecule has 1 aliphatic rings. The first-order chi connectivity index (χ1) is 17.4. The molecule has 0 bridgehead atoms. The molecule has 186 valence electrons. The normalized spacial score (nSPS) is 15.1. The van der Waals surface area contributed by atoms with Gasteiger partial charge in [-0.15, -0.1) is 0 Å². The van der Waals surface area contributed by atoms with Gasteiger partial charge in [-0.2, -0.15) is 0 Å². The molecule has 3 aromatic carbocycles. The van der Waals surface area contributed by atoms with E-state index in [1.807, 2.05) is 61.5 Å². The number of anilines is 1. The average molecular weight is 542 g/mol. The van der Waals surface area contributed by atoms with Crippen molar-refractivity contribution in [1.82, 2.24) is 5.32 Å². The number of para-hydroxylation sites is 1. The van der Waals surface area contributed by atoms with E-state index in [0.717, 1.165) is 11.1 Å². The first-order valence-corrected chi connectivity index (χ1v) is 12.8. The predicted octanol–water partition coefficient (Wildman–Crippen LogP) is 6.86. The number of aliphatic imine (C=N–C) groups is 1. The highest BCUT2D eigenvalue weighted by atomic mass is 35.5. The molecule has 0 saturated heterocycles. The molecule has 0 aliphatic carbocycles. The second-order valence-electron chi connectivity index (χ2n) is 7.95. The molecule has 0 spiro atoms. The molecular formula is C27H25Cl2N3O3S. The molecule has 9 heteroatoms. The molecule has 1 aliphatic heterocycles. The standard InChI is InChI=1S/C27H25Cl2N3O3S/c1-16-24(26(33)31-19-7-5-4-6-8-19)25(21-12-11-20(34-2)14-23(21)35-3)32-27(30-16)36-15-17-9-10-18(28)13-22(17)29/h4-14,25H,15H2,1-3H3,(H,30,32)(H,31,33)/t25-/m0/s1. The SMILES string of the molecule is COc1ccc([C@@H]2N=C(SCc3ccc(Cl)cc3Cl)NC(C)=C2C(=O)Nc2ccccc2)c(OC)c1. The molecule has 3 aromatic rings. The van der Waals surface area contributed by atoms with Gasteiger partial charge in [-0.3, -0.25) is 4.79 Å². The van der Waals surface area contributed by atoms with Crippen LogP contribution in [0.3, 0.4) is 0 Å². The smallest absolute Gasteiger partial charge is 0.255 e. The van der Waals surface area contributed by atoms with Crippen LogP contribution in [0.15, 0.2) is 83.0 Å². The lowest BCUT2D eigenvalue weighted by Gasteiger charge is -2.27. The fourth-order valence-electron chi connectivity index (χ4n) is 3.79. The summed E-state index contributed by atoms with van der Waals surface area (Å²) in [6, 6.07) is 19.6. The second kappa shape index (κ2) is 11.7. The molecular weight excluding hydrogens is 517 g/mol. The molecule has 1 heterocycles. The topological polar surface area (TPSA) is 72.0 Å². The van der Waals surface area contributed by atoms with Crippen LogP contribution in [-0.4, -0.2) is 25.3 Å². The minimum absolute atomic E-state index is 0.248. The largest absolute Gasteiger partial charge is 0.497 e. The number of allylic oxidation sites excluding steroid dienone is 1. The van der Waals surface area contributed by atoms with Crippen LogP contribution in [0.4, 0.5) is 5.69 Å². The Morgan fingerprint density at radius 3 is 2.53 bits per heavy atom. The fourth-order valence-corrected chi connectivity index (χ4v) is 5.29. The summed E-state index contributed by atoms with van der Waals surface area (Å²) in [4.78, 5) is 18.4. The molecule has 1 atom stereocenters. The van der Waals surface area contributed by atoms with Gasteiger partial charge in [0.15, 0.2) is 5.17 Å². The van der Waals surface area contributed by atoms with Crippen molar-refractivity contribution < 1.29 is 14.3 Å². The van der Waals surface area contributed by atoms with Gasteiger partial charge in [0, 0.05) is 38.8 Å². The fraction of sp³-hybridized carbons (Fsp3) is 0.185. The Kier molecular flexibility index (Phi) is 8.46. The first-order valence-electron chi connectivity index (χ1n) is 11.1. The van der Waals surface area contributed by atoms with Gasteiger partial charge in [0.1, 0.15) is 17.5 Å². The monoisotopic (exact) mass is 541 g/mol. The number of rotatable bonds is 7. The maximum Gasteiger partial charge on any atom is 0.255 e. The summed E-state index contributed by atoms with van der Waals surface area (Å²) < 4.78 is 11.0. The molecule has 0 unspecified atom stereocenters. The lowest BCUT2D eigenvalue weighted by molar-refractivity contribution is -0.113. The summed E-state index contributed by atoms with van der Waals surface area (Å²) in [6.07, 6.45) is 0. The highest BCUT2D eigenvalue weighted by molar-refractivity contribution is 8.13. The molecule has 0 fully saturated rings. The Balaban J connectivity index is 1.68. The van der Waals surface area contributed by atoms with Crippen molar-refractivity contribution in [2.45, 2.75) is 18.7 Å². The Hall–Kier alpha value is -3.13. The minimum atomic E-state index is -0.598. The number of hydrogen-bond donors (Lipinski definition) is 2. The molecule has 2 N–H and O–H groups in total. The molecule has 0 aromatic heterocycles. The minimum Gasteiger partial charge on any atom is -0.497 e. The Labute approximate surface area is 224 Å².